The second-order valence-electron chi connectivity index (χ2n) is 7.99. The number of anilines is 1. The molecule has 7 heteroatoms. The highest BCUT2D eigenvalue weighted by molar-refractivity contribution is 7.91. The third-order valence-corrected chi connectivity index (χ3v) is 7.56. The molecule has 1 unspecified atom stereocenters. The predicted octanol–water partition coefficient (Wildman–Crippen LogP) is 4.08. The van der Waals surface area contributed by atoms with Gasteiger partial charge in [0.05, 0.1) is 16.1 Å². The normalized spacial score (nSPS) is 19.1. The molecule has 1 aromatic heterocycles. The van der Waals surface area contributed by atoms with E-state index in [1.807, 2.05) is 18.2 Å². The molecule has 3 heterocycles. The van der Waals surface area contributed by atoms with E-state index in [0.29, 0.717) is 41.8 Å². The second-order valence-corrected chi connectivity index (χ2v) is 9.91. The van der Waals surface area contributed by atoms with Gasteiger partial charge < -0.3 is 14.4 Å². The van der Waals surface area contributed by atoms with Gasteiger partial charge in [0.1, 0.15) is 18.1 Å². The van der Waals surface area contributed by atoms with Crippen molar-refractivity contribution in [2.75, 3.05) is 31.2 Å². The fourth-order valence-corrected chi connectivity index (χ4v) is 5.79. The van der Waals surface area contributed by atoms with Gasteiger partial charge in [-0.2, -0.15) is 0 Å². The van der Waals surface area contributed by atoms with Crippen LogP contribution in [0.3, 0.4) is 0 Å². The van der Waals surface area contributed by atoms with Gasteiger partial charge in [-0.1, -0.05) is 25.1 Å². The molecule has 0 spiro atoms. The number of aromatic nitrogens is 1. The zero-order valence-corrected chi connectivity index (χ0v) is 17.7. The van der Waals surface area contributed by atoms with Crippen LogP contribution in [-0.4, -0.2) is 39.7 Å². The zero-order chi connectivity index (χ0) is 20.7. The second kappa shape index (κ2) is 7.47. The molecule has 0 amide bonds. The van der Waals surface area contributed by atoms with E-state index >= 15 is 0 Å². The molecule has 5 rings (SSSR count). The molecule has 3 aromatic rings. The Morgan fingerprint density at radius 2 is 1.80 bits per heavy atom. The first-order chi connectivity index (χ1) is 14.5. The average Bonchev–Trinajstić information content (AvgIpc) is 2.77. The molecule has 2 aliphatic rings. The van der Waals surface area contributed by atoms with Crippen molar-refractivity contribution >= 4 is 26.4 Å². The summed E-state index contributed by atoms with van der Waals surface area (Å²) in [6.07, 6.45) is 3.67. The van der Waals surface area contributed by atoms with Crippen molar-refractivity contribution in [3.63, 3.8) is 0 Å². The maximum atomic E-state index is 13.6. The number of pyridine rings is 1. The number of nitrogens with zero attached hydrogens (tertiary/aromatic N) is 2. The minimum Gasteiger partial charge on any atom is -0.486 e. The minimum atomic E-state index is -3.73. The molecule has 1 atom stereocenters. The average molecular weight is 425 g/mol. The topological polar surface area (TPSA) is 68.7 Å². The van der Waals surface area contributed by atoms with Crippen LogP contribution in [0.4, 0.5) is 5.69 Å². The van der Waals surface area contributed by atoms with Crippen LogP contribution in [-0.2, 0) is 9.84 Å². The molecule has 6 nitrogen and oxygen atoms in total. The summed E-state index contributed by atoms with van der Waals surface area (Å²) in [6, 6.07) is 12.3. The van der Waals surface area contributed by atoms with Crippen LogP contribution in [0.1, 0.15) is 19.8 Å². The number of benzene rings is 2. The van der Waals surface area contributed by atoms with Gasteiger partial charge in [-0.25, -0.2) is 8.42 Å². The van der Waals surface area contributed by atoms with Crippen LogP contribution in [0.5, 0.6) is 11.5 Å². The fraction of sp³-hybridized carbons (Fsp3) is 0.348. The first kappa shape index (κ1) is 19.2. The summed E-state index contributed by atoms with van der Waals surface area (Å²) in [5.41, 5.74) is 1.42. The van der Waals surface area contributed by atoms with Gasteiger partial charge >= 0.3 is 0 Å². The van der Waals surface area contributed by atoms with Crippen LogP contribution in [0.15, 0.2) is 58.5 Å². The van der Waals surface area contributed by atoms with Gasteiger partial charge in [-0.05, 0) is 37.0 Å². The first-order valence-corrected chi connectivity index (χ1v) is 11.8. The van der Waals surface area contributed by atoms with Crippen molar-refractivity contribution < 1.29 is 17.9 Å². The number of hydrogen-bond donors (Lipinski definition) is 0. The molecular formula is C23H24N2O4S. The van der Waals surface area contributed by atoms with E-state index in [-0.39, 0.29) is 9.79 Å². The number of hydrogen-bond acceptors (Lipinski definition) is 6. The lowest BCUT2D eigenvalue weighted by Crippen LogP contribution is -2.35. The van der Waals surface area contributed by atoms with Gasteiger partial charge in [0.2, 0.25) is 9.84 Å². The molecule has 1 fully saturated rings. The van der Waals surface area contributed by atoms with Gasteiger partial charge in [0.25, 0.3) is 0 Å². The number of rotatable bonds is 3. The Hall–Kier alpha value is -2.80. The lowest BCUT2D eigenvalue weighted by Gasteiger charge is -2.35. The summed E-state index contributed by atoms with van der Waals surface area (Å²) in [4.78, 5) is 7.23. The van der Waals surface area contributed by atoms with Crippen molar-refractivity contribution in [2.45, 2.75) is 29.6 Å². The van der Waals surface area contributed by atoms with Crippen LogP contribution in [0, 0.1) is 5.92 Å². The lowest BCUT2D eigenvalue weighted by molar-refractivity contribution is 0.172. The van der Waals surface area contributed by atoms with Crippen LogP contribution in [0.25, 0.3) is 10.9 Å². The van der Waals surface area contributed by atoms with Crippen molar-refractivity contribution in [2.24, 2.45) is 5.92 Å². The number of fused-ring (bicyclic) bond motifs is 2. The van der Waals surface area contributed by atoms with E-state index in [1.165, 1.54) is 6.20 Å². The third-order valence-electron chi connectivity index (χ3n) is 5.79. The van der Waals surface area contributed by atoms with E-state index in [4.69, 9.17) is 9.47 Å². The summed E-state index contributed by atoms with van der Waals surface area (Å²) >= 11 is 0. The number of sulfone groups is 1. The standard InChI is InChI=1S/C23H24N2O4S/c1-16-6-5-9-25(15-16)23-18-12-20-21(29-11-10-28-20)13-19(18)24-14-22(23)30(26,27)17-7-3-2-4-8-17/h2-4,7-8,12-14,16H,5-6,9-11,15H2,1H3. The molecule has 0 saturated carbocycles. The molecule has 1 saturated heterocycles. The molecule has 156 valence electrons. The Labute approximate surface area is 176 Å². The highest BCUT2D eigenvalue weighted by Crippen LogP contribution is 2.42. The fourth-order valence-electron chi connectivity index (χ4n) is 4.34. The smallest absolute Gasteiger partial charge is 0.210 e. The number of ether oxygens (including phenoxy) is 2. The highest BCUT2D eigenvalue weighted by atomic mass is 32.2. The molecule has 2 aliphatic heterocycles. The van der Waals surface area contributed by atoms with Crippen LogP contribution >= 0.6 is 0 Å². The molecule has 0 aliphatic carbocycles. The Bertz CT molecular complexity index is 1190. The maximum absolute atomic E-state index is 13.6. The predicted molar refractivity (Wildman–Crippen MR) is 115 cm³/mol. The summed E-state index contributed by atoms with van der Waals surface area (Å²) in [7, 11) is -3.73. The van der Waals surface area contributed by atoms with Gasteiger partial charge in [-0.15, -0.1) is 0 Å². The Morgan fingerprint density at radius 1 is 1.07 bits per heavy atom. The van der Waals surface area contributed by atoms with Gasteiger partial charge in [0.15, 0.2) is 11.5 Å². The monoisotopic (exact) mass is 424 g/mol. The van der Waals surface area contributed by atoms with Crippen LogP contribution < -0.4 is 14.4 Å². The van der Waals surface area contributed by atoms with Crippen molar-refractivity contribution in [3.05, 3.63) is 48.7 Å². The summed E-state index contributed by atoms with van der Waals surface area (Å²) < 4.78 is 38.7. The Kier molecular flexibility index (Phi) is 4.77. The SMILES string of the molecule is CC1CCCN(c2c(S(=O)(=O)c3ccccc3)cnc3cc4c(cc23)OCCO4)C1. The molecule has 0 N–H and O–H groups in total. The summed E-state index contributed by atoms with van der Waals surface area (Å²) in [5.74, 6) is 1.78. The molecule has 30 heavy (non-hydrogen) atoms. The van der Waals surface area contributed by atoms with Crippen molar-refractivity contribution in [3.8, 4) is 11.5 Å². The third kappa shape index (κ3) is 3.27. The molecule has 2 aromatic carbocycles. The quantitative estimate of drug-likeness (QED) is 0.631. The molecule has 0 bridgehead atoms. The van der Waals surface area contributed by atoms with Crippen molar-refractivity contribution in [1.29, 1.82) is 0 Å². The zero-order valence-electron chi connectivity index (χ0n) is 16.9. The molecular weight excluding hydrogens is 400 g/mol. The van der Waals surface area contributed by atoms with E-state index in [1.54, 1.807) is 24.3 Å². The highest BCUT2D eigenvalue weighted by Gasteiger charge is 2.29. The Balaban J connectivity index is 1.77. The van der Waals surface area contributed by atoms with Crippen molar-refractivity contribution in [1.82, 2.24) is 4.98 Å². The van der Waals surface area contributed by atoms with E-state index < -0.39 is 9.84 Å². The number of piperidine rings is 1. The largest absolute Gasteiger partial charge is 0.486 e. The Morgan fingerprint density at radius 3 is 2.53 bits per heavy atom. The lowest BCUT2D eigenvalue weighted by atomic mass is 9.99. The first-order valence-electron chi connectivity index (χ1n) is 10.3. The van der Waals surface area contributed by atoms with E-state index in [9.17, 15) is 8.42 Å². The van der Waals surface area contributed by atoms with Gasteiger partial charge in [-0.3, -0.25) is 4.98 Å². The minimum absolute atomic E-state index is 0.243. The van der Waals surface area contributed by atoms with Crippen LogP contribution in [0.2, 0.25) is 0 Å². The maximum Gasteiger partial charge on any atom is 0.210 e. The summed E-state index contributed by atoms with van der Waals surface area (Å²) in [5, 5.41) is 0.783. The van der Waals surface area contributed by atoms with E-state index in [0.717, 1.165) is 31.3 Å². The molecule has 0 radical (unpaired) electrons. The van der Waals surface area contributed by atoms with Gasteiger partial charge in [0, 0.05) is 30.7 Å². The summed E-state index contributed by atoms with van der Waals surface area (Å²) in [6.45, 7) is 4.80. The van der Waals surface area contributed by atoms with E-state index in [2.05, 4.69) is 16.8 Å².